The van der Waals surface area contributed by atoms with Crippen molar-refractivity contribution in [2.75, 3.05) is 25.1 Å². The van der Waals surface area contributed by atoms with Gasteiger partial charge in [0.05, 0.1) is 21.9 Å². The summed E-state index contributed by atoms with van der Waals surface area (Å²) in [5.41, 5.74) is 4.49. The number of rotatable bonds is 10. The van der Waals surface area contributed by atoms with Gasteiger partial charge in [-0.3, -0.25) is 4.99 Å². The third-order valence-electron chi connectivity index (χ3n) is 5.70. The number of benzene rings is 1. The minimum atomic E-state index is 0.506. The minimum Gasteiger partial charge on any atom is -0.381 e. The van der Waals surface area contributed by atoms with Gasteiger partial charge in [-0.25, -0.2) is 9.97 Å². The summed E-state index contributed by atoms with van der Waals surface area (Å²) < 4.78 is 5.07. The molecule has 1 aliphatic heterocycles. The molecule has 1 aromatic carbocycles. The Kier molecular flexibility index (Phi) is 14.8. The third-order valence-corrected chi connectivity index (χ3v) is 5.99. The van der Waals surface area contributed by atoms with Gasteiger partial charge in [-0.2, -0.15) is 0 Å². The van der Waals surface area contributed by atoms with Crippen LogP contribution in [0.4, 0.5) is 11.6 Å². The Morgan fingerprint density at radius 1 is 1.18 bits per heavy atom. The number of H-pyrrole nitrogens is 1. The zero-order chi connectivity index (χ0) is 27.6. The molecule has 0 aliphatic carbocycles. The SMILES string of the molecule is C#C.C/C=C(\N=CCC)c1ccnc(Nc2cc(Cl)c3[nH]c(CNCCCC)cc3c2)n1.C1CCOCC1. The molecule has 0 atom stereocenters. The van der Waals surface area contributed by atoms with Gasteiger partial charge < -0.3 is 20.4 Å². The number of fused-ring (bicyclic) bond motifs is 1. The van der Waals surface area contributed by atoms with Crippen LogP contribution in [-0.4, -0.2) is 40.9 Å². The van der Waals surface area contributed by atoms with Crippen LogP contribution < -0.4 is 10.6 Å². The molecule has 1 aliphatic rings. The molecule has 1 saturated heterocycles. The maximum atomic E-state index is 6.53. The van der Waals surface area contributed by atoms with Crippen molar-refractivity contribution in [1.82, 2.24) is 20.3 Å². The number of terminal acetylenes is 1. The van der Waals surface area contributed by atoms with Crippen molar-refractivity contribution in [1.29, 1.82) is 0 Å². The van der Waals surface area contributed by atoms with Crippen molar-refractivity contribution in [3.63, 3.8) is 0 Å². The molecule has 0 saturated carbocycles. The quantitative estimate of drug-likeness (QED) is 0.142. The Morgan fingerprint density at radius 2 is 1.97 bits per heavy atom. The number of aromatic nitrogens is 3. The van der Waals surface area contributed by atoms with Crippen LogP contribution in [0.3, 0.4) is 0 Å². The summed E-state index contributed by atoms with van der Waals surface area (Å²) in [6.07, 6.45) is 20.7. The van der Waals surface area contributed by atoms with Gasteiger partial charge in [0, 0.05) is 48.9 Å². The van der Waals surface area contributed by atoms with Crippen LogP contribution in [0.5, 0.6) is 0 Å². The first kappa shape index (κ1) is 31.0. The first-order valence-electron chi connectivity index (χ1n) is 13.4. The number of aromatic amines is 1. The number of allylic oxidation sites excluding steroid dienone is 1. The number of nitrogens with zero attached hydrogens (tertiary/aromatic N) is 3. The Hall–Kier alpha value is -3.18. The number of hydrogen-bond acceptors (Lipinski definition) is 6. The number of anilines is 2. The molecular weight excluding hydrogens is 496 g/mol. The van der Waals surface area contributed by atoms with E-state index in [0.29, 0.717) is 11.0 Å². The van der Waals surface area contributed by atoms with Crippen LogP contribution >= 0.6 is 11.6 Å². The monoisotopic (exact) mass is 536 g/mol. The maximum Gasteiger partial charge on any atom is 0.227 e. The standard InChI is InChI=1S/C23H29ClN6.C5H10O.C2H2/c1-4-7-10-25-15-18-13-16-12-17(14-19(24)22(16)28-18)29-23-27-11-8-21(30-23)20(6-3)26-9-5-2;1-2-4-6-5-3-1;1-2/h6,8-9,11-14,25,28H,4-5,7,10,15H2,1-3H3,(H,27,29,30);1-5H2;1-2H/b20-6-,26-9?;;. The molecule has 4 rings (SSSR count). The molecule has 38 heavy (non-hydrogen) atoms. The van der Waals surface area contributed by atoms with Crippen LogP contribution in [0.2, 0.25) is 5.02 Å². The molecule has 8 heteroatoms. The molecule has 0 radical (unpaired) electrons. The Balaban J connectivity index is 0.000000548. The molecule has 204 valence electrons. The topological polar surface area (TPSA) is 87.2 Å². The predicted molar refractivity (Wildman–Crippen MR) is 162 cm³/mol. The van der Waals surface area contributed by atoms with Crippen molar-refractivity contribution in [3.05, 3.63) is 52.9 Å². The van der Waals surface area contributed by atoms with Gasteiger partial charge in [-0.05, 0) is 69.8 Å². The molecule has 3 N–H and O–H groups in total. The zero-order valence-electron chi connectivity index (χ0n) is 22.9. The summed E-state index contributed by atoms with van der Waals surface area (Å²) in [5.74, 6) is 0.506. The van der Waals surface area contributed by atoms with Gasteiger partial charge in [0.1, 0.15) is 0 Å². The van der Waals surface area contributed by atoms with Gasteiger partial charge in [-0.1, -0.05) is 37.9 Å². The molecule has 0 bridgehead atoms. The summed E-state index contributed by atoms with van der Waals surface area (Å²) >= 11 is 6.53. The summed E-state index contributed by atoms with van der Waals surface area (Å²) in [5, 5.41) is 8.42. The second-order valence-electron chi connectivity index (χ2n) is 8.70. The van der Waals surface area contributed by atoms with Crippen LogP contribution in [0.1, 0.15) is 70.7 Å². The van der Waals surface area contributed by atoms with Gasteiger partial charge in [0.2, 0.25) is 5.95 Å². The molecule has 7 nitrogen and oxygen atoms in total. The largest absolute Gasteiger partial charge is 0.381 e. The van der Waals surface area contributed by atoms with E-state index >= 15 is 0 Å². The maximum absolute atomic E-state index is 6.53. The fraction of sp³-hybridized carbons (Fsp3) is 0.433. The predicted octanol–water partition coefficient (Wildman–Crippen LogP) is 7.52. The molecule has 0 amide bonds. The molecule has 1 fully saturated rings. The lowest BCUT2D eigenvalue weighted by atomic mass is 10.2. The fourth-order valence-corrected chi connectivity index (χ4v) is 4.08. The highest BCUT2D eigenvalue weighted by Gasteiger charge is 2.09. The number of hydrogen-bond donors (Lipinski definition) is 3. The zero-order valence-corrected chi connectivity index (χ0v) is 23.7. The van der Waals surface area contributed by atoms with Crippen LogP contribution in [-0.2, 0) is 11.3 Å². The average Bonchev–Trinajstić information content (AvgIpc) is 3.38. The van der Waals surface area contributed by atoms with Crippen LogP contribution in [0.15, 0.2) is 41.5 Å². The Bertz CT molecular complexity index is 1170. The number of aliphatic imine (C=N–C) groups is 1. The minimum absolute atomic E-state index is 0.506. The number of unbranched alkanes of at least 4 members (excludes halogenated alkanes) is 1. The second kappa shape index (κ2) is 18.1. The van der Waals surface area contributed by atoms with E-state index in [1.807, 2.05) is 31.3 Å². The summed E-state index contributed by atoms with van der Waals surface area (Å²) in [6, 6.07) is 7.92. The lowest BCUT2D eigenvalue weighted by molar-refractivity contribution is 0.0968. The van der Waals surface area contributed by atoms with Gasteiger partial charge in [-0.15, -0.1) is 12.8 Å². The summed E-state index contributed by atoms with van der Waals surface area (Å²) in [4.78, 5) is 16.8. The smallest absolute Gasteiger partial charge is 0.227 e. The van der Waals surface area contributed by atoms with Crippen molar-refractivity contribution in [2.45, 2.75) is 65.8 Å². The first-order chi connectivity index (χ1) is 18.6. The van der Waals surface area contributed by atoms with E-state index in [0.717, 1.165) is 66.4 Å². The highest BCUT2D eigenvalue weighted by Crippen LogP contribution is 2.29. The molecular formula is C30H41ClN6O. The Morgan fingerprint density at radius 3 is 2.61 bits per heavy atom. The number of nitrogens with one attached hydrogen (secondary N) is 3. The lowest BCUT2D eigenvalue weighted by Crippen LogP contribution is -2.14. The second-order valence-corrected chi connectivity index (χ2v) is 9.11. The van der Waals surface area contributed by atoms with Crippen LogP contribution in [0, 0.1) is 12.8 Å². The van der Waals surface area contributed by atoms with E-state index in [2.05, 4.69) is 69.4 Å². The highest BCUT2D eigenvalue weighted by atomic mass is 35.5. The number of halogens is 1. The third kappa shape index (κ3) is 10.3. The fourth-order valence-electron chi connectivity index (χ4n) is 3.81. The molecule has 0 unspecified atom stereocenters. The van der Waals surface area contributed by atoms with E-state index in [-0.39, 0.29) is 0 Å². The number of ether oxygens (including phenoxy) is 1. The van der Waals surface area contributed by atoms with E-state index < -0.39 is 0 Å². The van der Waals surface area contributed by atoms with E-state index in [9.17, 15) is 0 Å². The van der Waals surface area contributed by atoms with E-state index in [1.165, 1.54) is 32.1 Å². The van der Waals surface area contributed by atoms with Crippen LogP contribution in [0.25, 0.3) is 16.6 Å². The molecule has 3 aromatic rings. The highest BCUT2D eigenvalue weighted by molar-refractivity contribution is 6.35. The van der Waals surface area contributed by atoms with Gasteiger partial charge in [0.25, 0.3) is 0 Å². The van der Waals surface area contributed by atoms with E-state index in [1.54, 1.807) is 6.20 Å². The van der Waals surface area contributed by atoms with Gasteiger partial charge in [0.15, 0.2) is 0 Å². The molecule has 2 aromatic heterocycles. The summed E-state index contributed by atoms with van der Waals surface area (Å²) in [6.45, 7) is 10.00. The first-order valence-corrected chi connectivity index (χ1v) is 13.7. The van der Waals surface area contributed by atoms with E-state index in [4.69, 9.17) is 16.3 Å². The van der Waals surface area contributed by atoms with Crippen molar-refractivity contribution in [2.24, 2.45) is 4.99 Å². The average molecular weight is 537 g/mol. The molecule has 0 spiro atoms. The normalized spacial score (nSPS) is 13.5. The molecule has 3 heterocycles. The van der Waals surface area contributed by atoms with Gasteiger partial charge >= 0.3 is 0 Å². The van der Waals surface area contributed by atoms with Crippen molar-refractivity contribution >= 4 is 46.1 Å². The summed E-state index contributed by atoms with van der Waals surface area (Å²) in [7, 11) is 0. The van der Waals surface area contributed by atoms with Crippen molar-refractivity contribution < 1.29 is 4.74 Å². The lowest BCUT2D eigenvalue weighted by Gasteiger charge is -2.08. The Labute approximate surface area is 232 Å². The van der Waals surface area contributed by atoms with Crippen molar-refractivity contribution in [3.8, 4) is 12.8 Å².